The SMILES string of the molecule is c1ccc(C2NC(c3ccc(-c4ccc(-c5cncc6oc7ccccc7c56)c5ccccc45)c4ccccc34)=NC(c3ccc4ccccc4c3)N2)cc1. The molecule has 0 saturated carbocycles. The fraction of sp³-hybridized carbons (Fsp3) is 0.0400. The number of nitrogens with zero attached hydrogens (tertiary/aromatic N) is 2. The second-order valence-electron chi connectivity index (χ2n) is 14.2. The fourth-order valence-corrected chi connectivity index (χ4v) is 8.45. The first-order valence-corrected chi connectivity index (χ1v) is 18.7. The number of aliphatic imine (C=N–C) groups is 1. The minimum Gasteiger partial charge on any atom is -0.454 e. The Kier molecular flexibility index (Phi) is 7.32. The van der Waals surface area contributed by atoms with Crippen molar-refractivity contribution in [3.05, 3.63) is 199 Å². The van der Waals surface area contributed by atoms with Gasteiger partial charge in [0.15, 0.2) is 5.58 Å². The van der Waals surface area contributed by atoms with Crippen LogP contribution in [0.5, 0.6) is 0 Å². The second-order valence-corrected chi connectivity index (χ2v) is 14.2. The van der Waals surface area contributed by atoms with Crippen molar-refractivity contribution in [3.63, 3.8) is 0 Å². The molecule has 0 amide bonds. The summed E-state index contributed by atoms with van der Waals surface area (Å²) >= 11 is 0. The van der Waals surface area contributed by atoms with Crippen LogP contribution in [0, 0.1) is 0 Å². The maximum atomic E-state index is 6.23. The Labute approximate surface area is 317 Å². The van der Waals surface area contributed by atoms with Crippen LogP contribution < -0.4 is 10.6 Å². The van der Waals surface area contributed by atoms with Crippen LogP contribution in [0.25, 0.3) is 76.5 Å². The molecule has 2 unspecified atom stereocenters. The highest BCUT2D eigenvalue weighted by Gasteiger charge is 2.27. The predicted octanol–water partition coefficient (Wildman–Crippen LogP) is 12.1. The lowest BCUT2D eigenvalue weighted by molar-refractivity contribution is 0.409. The molecule has 0 aliphatic carbocycles. The van der Waals surface area contributed by atoms with Gasteiger partial charge in [-0.15, -0.1) is 0 Å². The van der Waals surface area contributed by atoms with Crippen molar-refractivity contribution in [2.45, 2.75) is 12.3 Å². The van der Waals surface area contributed by atoms with E-state index in [4.69, 9.17) is 9.41 Å². The molecule has 260 valence electrons. The van der Waals surface area contributed by atoms with Gasteiger partial charge >= 0.3 is 0 Å². The molecule has 0 saturated heterocycles. The first-order valence-electron chi connectivity index (χ1n) is 18.7. The minimum absolute atomic E-state index is 0.133. The summed E-state index contributed by atoms with van der Waals surface area (Å²) < 4.78 is 6.23. The third-order valence-electron chi connectivity index (χ3n) is 11.1. The van der Waals surface area contributed by atoms with E-state index in [2.05, 4.69) is 173 Å². The van der Waals surface area contributed by atoms with Crippen molar-refractivity contribution in [1.29, 1.82) is 0 Å². The molecule has 8 aromatic carbocycles. The average molecular weight is 707 g/mol. The van der Waals surface area contributed by atoms with Crippen LogP contribution in [0.3, 0.4) is 0 Å². The second kappa shape index (κ2) is 12.8. The maximum Gasteiger partial charge on any atom is 0.154 e. The van der Waals surface area contributed by atoms with E-state index in [0.29, 0.717) is 0 Å². The number of fused-ring (bicyclic) bond motifs is 6. The van der Waals surface area contributed by atoms with Gasteiger partial charge in [0.2, 0.25) is 0 Å². The summed E-state index contributed by atoms with van der Waals surface area (Å²) in [5.74, 6) is 0.863. The fourth-order valence-electron chi connectivity index (χ4n) is 8.45. The largest absolute Gasteiger partial charge is 0.454 e. The van der Waals surface area contributed by atoms with Crippen molar-refractivity contribution in [3.8, 4) is 22.3 Å². The molecule has 0 fully saturated rings. The van der Waals surface area contributed by atoms with Gasteiger partial charge in [0.25, 0.3) is 0 Å². The Balaban J connectivity index is 1.06. The average Bonchev–Trinajstić information content (AvgIpc) is 3.65. The Hall–Kier alpha value is -7.08. The monoisotopic (exact) mass is 706 g/mol. The molecular formula is C50H34N4O. The molecule has 0 spiro atoms. The number of nitrogens with one attached hydrogen (secondary N) is 2. The van der Waals surface area contributed by atoms with Gasteiger partial charge < -0.3 is 9.73 Å². The summed E-state index contributed by atoms with van der Waals surface area (Å²) in [6.07, 6.45) is 3.41. The van der Waals surface area contributed by atoms with Crippen LogP contribution in [0.4, 0.5) is 0 Å². The van der Waals surface area contributed by atoms with Crippen LogP contribution in [0.2, 0.25) is 0 Å². The third kappa shape index (κ3) is 5.28. The third-order valence-corrected chi connectivity index (χ3v) is 11.1. The lowest BCUT2D eigenvalue weighted by Gasteiger charge is -2.32. The van der Waals surface area contributed by atoms with Crippen molar-refractivity contribution >= 4 is 60.1 Å². The van der Waals surface area contributed by atoms with Crippen molar-refractivity contribution < 1.29 is 4.42 Å². The zero-order valence-electron chi connectivity index (χ0n) is 29.8. The van der Waals surface area contributed by atoms with E-state index < -0.39 is 0 Å². The van der Waals surface area contributed by atoms with E-state index in [1.165, 1.54) is 38.1 Å². The summed E-state index contributed by atoms with van der Waals surface area (Å²) in [7, 11) is 0. The summed E-state index contributed by atoms with van der Waals surface area (Å²) in [4.78, 5) is 9.99. The number of rotatable bonds is 5. The van der Waals surface area contributed by atoms with Crippen LogP contribution in [0.1, 0.15) is 29.0 Å². The van der Waals surface area contributed by atoms with Crippen LogP contribution in [-0.2, 0) is 0 Å². The van der Waals surface area contributed by atoms with Gasteiger partial charge in [-0.2, -0.15) is 0 Å². The molecular weight excluding hydrogens is 673 g/mol. The summed E-state index contributed by atoms with van der Waals surface area (Å²) in [6, 6.07) is 60.3. The number of pyridine rings is 1. The van der Waals surface area contributed by atoms with Crippen LogP contribution >= 0.6 is 0 Å². The smallest absolute Gasteiger partial charge is 0.154 e. The highest BCUT2D eigenvalue weighted by Crippen LogP contribution is 2.43. The van der Waals surface area contributed by atoms with E-state index in [0.717, 1.165) is 61.0 Å². The molecule has 11 rings (SSSR count). The van der Waals surface area contributed by atoms with E-state index in [1.807, 2.05) is 24.5 Å². The molecule has 0 radical (unpaired) electrons. The molecule has 2 aromatic heterocycles. The molecule has 10 aromatic rings. The van der Waals surface area contributed by atoms with Gasteiger partial charge in [-0.25, -0.2) is 4.99 Å². The summed E-state index contributed by atoms with van der Waals surface area (Å²) in [6.45, 7) is 0. The summed E-state index contributed by atoms with van der Waals surface area (Å²) in [5.41, 5.74) is 9.55. The molecule has 2 atom stereocenters. The van der Waals surface area contributed by atoms with Crippen molar-refractivity contribution in [1.82, 2.24) is 15.6 Å². The molecule has 55 heavy (non-hydrogen) atoms. The number of furan rings is 1. The zero-order chi connectivity index (χ0) is 36.3. The summed E-state index contributed by atoms with van der Waals surface area (Å²) in [5, 5.41) is 16.8. The van der Waals surface area contributed by atoms with Crippen LogP contribution in [0.15, 0.2) is 192 Å². The maximum absolute atomic E-state index is 6.23. The molecule has 1 aliphatic heterocycles. The predicted molar refractivity (Wildman–Crippen MR) is 226 cm³/mol. The first-order chi connectivity index (χ1) is 27.3. The van der Waals surface area contributed by atoms with E-state index in [1.54, 1.807) is 0 Å². The minimum atomic E-state index is -0.243. The number of hydrogen-bond donors (Lipinski definition) is 2. The topological polar surface area (TPSA) is 62.5 Å². The van der Waals surface area contributed by atoms with Gasteiger partial charge in [-0.3, -0.25) is 10.3 Å². The van der Waals surface area contributed by atoms with Gasteiger partial charge in [0, 0.05) is 28.1 Å². The lowest BCUT2D eigenvalue weighted by atomic mass is 9.88. The van der Waals surface area contributed by atoms with Crippen molar-refractivity contribution in [2.75, 3.05) is 0 Å². The number of benzene rings is 8. The lowest BCUT2D eigenvalue weighted by Crippen LogP contribution is -2.45. The molecule has 1 aliphatic rings. The number of hydrogen-bond acceptors (Lipinski definition) is 5. The van der Waals surface area contributed by atoms with Crippen molar-refractivity contribution in [2.24, 2.45) is 4.99 Å². The number of para-hydroxylation sites is 1. The van der Waals surface area contributed by atoms with Gasteiger partial charge in [0.05, 0.1) is 6.20 Å². The standard InChI is InChI=1S/C50H34N4O/c1-2-13-32(14-3-1)48-52-49(34-23-22-31-12-4-5-15-33(31)28-34)54-50(53-48)42-27-26-40(37-18-8-9-19-38(37)42)39-24-25-41(36-17-7-6-16-35(36)39)44-29-51-30-46-47(44)43-20-10-11-21-45(43)55-46/h1-30,48-49,52H,(H,53,54). The Morgan fingerprint density at radius 3 is 1.75 bits per heavy atom. The highest BCUT2D eigenvalue weighted by atomic mass is 16.3. The van der Waals surface area contributed by atoms with E-state index >= 15 is 0 Å². The number of aromatic nitrogens is 1. The zero-order valence-corrected chi connectivity index (χ0v) is 29.8. The Bertz CT molecular complexity index is 3130. The molecule has 0 bridgehead atoms. The normalized spacial score (nSPS) is 15.8. The molecule has 2 N–H and O–H groups in total. The Morgan fingerprint density at radius 1 is 0.436 bits per heavy atom. The van der Waals surface area contributed by atoms with Gasteiger partial charge in [-0.1, -0.05) is 158 Å². The molecule has 5 nitrogen and oxygen atoms in total. The first kappa shape index (κ1) is 31.4. The van der Waals surface area contributed by atoms with Gasteiger partial charge in [0.1, 0.15) is 23.8 Å². The van der Waals surface area contributed by atoms with Gasteiger partial charge in [-0.05, 0) is 72.3 Å². The quantitative estimate of drug-likeness (QED) is 0.187. The molecule has 3 heterocycles. The van der Waals surface area contributed by atoms with E-state index in [-0.39, 0.29) is 12.3 Å². The highest BCUT2D eigenvalue weighted by molar-refractivity contribution is 6.18. The Morgan fingerprint density at radius 2 is 1.02 bits per heavy atom. The molecule has 5 heteroatoms. The van der Waals surface area contributed by atoms with Crippen LogP contribution in [-0.4, -0.2) is 10.8 Å². The number of amidine groups is 1. The van der Waals surface area contributed by atoms with E-state index in [9.17, 15) is 0 Å².